The molecule has 0 radical (unpaired) electrons. The second-order valence-corrected chi connectivity index (χ2v) is 4.71. The number of hydrogen-bond acceptors (Lipinski definition) is 4. The van der Waals surface area contributed by atoms with Gasteiger partial charge in [0.25, 0.3) is 5.91 Å². The number of rotatable bonds is 4. The number of amides is 1. The van der Waals surface area contributed by atoms with Gasteiger partial charge < -0.3 is 20.5 Å². The van der Waals surface area contributed by atoms with Gasteiger partial charge in [0.15, 0.2) is 5.60 Å². The van der Waals surface area contributed by atoms with Gasteiger partial charge in [0, 0.05) is 12.2 Å². The van der Waals surface area contributed by atoms with Gasteiger partial charge in [0.05, 0.1) is 12.3 Å². The van der Waals surface area contributed by atoms with E-state index >= 15 is 0 Å². The van der Waals surface area contributed by atoms with E-state index in [-0.39, 0.29) is 19.1 Å². The molecule has 0 atom stereocenters. The van der Waals surface area contributed by atoms with Crippen molar-refractivity contribution in [2.45, 2.75) is 32.3 Å². The van der Waals surface area contributed by atoms with Gasteiger partial charge in [-0.2, -0.15) is 0 Å². The van der Waals surface area contributed by atoms with Gasteiger partial charge in [-0.15, -0.1) is 0 Å². The Morgan fingerprint density at radius 1 is 1.37 bits per heavy atom. The molecular weight excluding hydrogens is 244 g/mol. The van der Waals surface area contributed by atoms with Gasteiger partial charge in [-0.25, -0.2) is 0 Å². The summed E-state index contributed by atoms with van der Waals surface area (Å²) < 4.78 is 5.93. The number of aliphatic hydroxyl groups is 1. The van der Waals surface area contributed by atoms with Crippen molar-refractivity contribution in [3.63, 3.8) is 0 Å². The molecular formula is C14H20N2O3. The highest BCUT2D eigenvalue weighted by molar-refractivity contribution is 6.03. The van der Waals surface area contributed by atoms with Gasteiger partial charge in [-0.3, -0.25) is 4.79 Å². The minimum absolute atomic E-state index is 0.0938. The van der Waals surface area contributed by atoms with E-state index in [1.807, 2.05) is 13.8 Å². The third kappa shape index (κ3) is 2.14. The third-order valence-corrected chi connectivity index (χ3v) is 3.68. The summed E-state index contributed by atoms with van der Waals surface area (Å²) in [5, 5.41) is 9.18. The molecule has 5 nitrogen and oxygen atoms in total. The number of nitrogens with two attached hydrogens (primary N) is 1. The molecule has 0 fully saturated rings. The highest BCUT2D eigenvalue weighted by atomic mass is 16.5. The first-order valence-electron chi connectivity index (χ1n) is 6.59. The average molecular weight is 264 g/mol. The fraction of sp³-hybridized carbons (Fsp3) is 0.500. The van der Waals surface area contributed by atoms with Crippen molar-refractivity contribution >= 4 is 17.3 Å². The standard InChI is InChI=1S/C14H20N2O3/c1-3-14(4-2)13(18)16(7-8-17)11-9-10(15)5-6-12(11)19-14/h5-6,9,17H,3-4,7-8,15H2,1-2H3. The van der Waals surface area contributed by atoms with Crippen LogP contribution in [0.25, 0.3) is 0 Å². The molecule has 0 unspecified atom stereocenters. The second kappa shape index (κ2) is 5.09. The van der Waals surface area contributed by atoms with Crippen molar-refractivity contribution in [1.82, 2.24) is 0 Å². The summed E-state index contributed by atoms with van der Waals surface area (Å²) in [6.45, 7) is 4.02. The average Bonchev–Trinajstić information content (AvgIpc) is 2.42. The lowest BCUT2D eigenvalue weighted by Gasteiger charge is -2.41. The van der Waals surface area contributed by atoms with Gasteiger partial charge in [0.1, 0.15) is 5.75 Å². The number of β-amino-alcohol motifs (C(OH)–C–C–N with tert-alkyl or cyclic N) is 1. The monoisotopic (exact) mass is 264 g/mol. The van der Waals surface area contributed by atoms with Crippen LogP contribution in [0.4, 0.5) is 11.4 Å². The van der Waals surface area contributed by atoms with Crippen molar-refractivity contribution in [1.29, 1.82) is 0 Å². The summed E-state index contributed by atoms with van der Waals surface area (Å²) >= 11 is 0. The summed E-state index contributed by atoms with van der Waals surface area (Å²) in [5.41, 5.74) is 6.13. The molecule has 1 amide bonds. The Balaban J connectivity index is 2.52. The number of anilines is 2. The van der Waals surface area contributed by atoms with Crippen molar-refractivity contribution in [3.8, 4) is 5.75 Å². The molecule has 19 heavy (non-hydrogen) atoms. The Morgan fingerprint density at radius 3 is 2.63 bits per heavy atom. The largest absolute Gasteiger partial charge is 0.475 e. The molecule has 104 valence electrons. The smallest absolute Gasteiger partial charge is 0.271 e. The first-order chi connectivity index (χ1) is 9.07. The summed E-state index contributed by atoms with van der Waals surface area (Å²) in [7, 11) is 0. The van der Waals surface area contributed by atoms with Gasteiger partial charge in [0.2, 0.25) is 0 Å². The lowest BCUT2D eigenvalue weighted by molar-refractivity contribution is -0.136. The highest BCUT2D eigenvalue weighted by Crippen LogP contribution is 2.41. The maximum Gasteiger partial charge on any atom is 0.271 e. The molecule has 0 saturated carbocycles. The van der Waals surface area contributed by atoms with E-state index in [1.165, 1.54) is 0 Å². The summed E-state index contributed by atoms with van der Waals surface area (Å²) in [4.78, 5) is 14.2. The number of fused-ring (bicyclic) bond motifs is 1. The molecule has 1 aliphatic rings. The Hall–Kier alpha value is -1.75. The zero-order chi connectivity index (χ0) is 14.0. The molecule has 2 rings (SSSR count). The number of ether oxygens (including phenoxy) is 1. The molecule has 1 aliphatic heterocycles. The lowest BCUT2D eigenvalue weighted by Crippen LogP contribution is -2.56. The number of hydrogen-bond donors (Lipinski definition) is 2. The van der Waals surface area contributed by atoms with E-state index in [0.29, 0.717) is 30.0 Å². The Labute approximate surface area is 113 Å². The van der Waals surface area contributed by atoms with Crippen LogP contribution in [0.3, 0.4) is 0 Å². The fourth-order valence-corrected chi connectivity index (χ4v) is 2.46. The van der Waals surface area contributed by atoms with Crippen LogP contribution in [-0.4, -0.2) is 29.8 Å². The number of carbonyl (C=O) groups is 1. The molecule has 5 heteroatoms. The van der Waals surface area contributed by atoms with E-state index in [9.17, 15) is 9.90 Å². The SMILES string of the molecule is CCC1(CC)Oc2ccc(N)cc2N(CCO)C1=O. The quantitative estimate of drug-likeness (QED) is 0.809. The van der Waals surface area contributed by atoms with Gasteiger partial charge in [-0.05, 0) is 31.0 Å². The Bertz CT molecular complexity index is 484. The van der Waals surface area contributed by atoms with Crippen molar-refractivity contribution in [2.75, 3.05) is 23.8 Å². The topological polar surface area (TPSA) is 75.8 Å². The van der Waals surface area contributed by atoms with Crippen LogP contribution in [0.5, 0.6) is 5.75 Å². The zero-order valence-corrected chi connectivity index (χ0v) is 11.3. The minimum Gasteiger partial charge on any atom is -0.475 e. The Morgan fingerprint density at radius 2 is 2.05 bits per heavy atom. The second-order valence-electron chi connectivity index (χ2n) is 4.71. The van der Waals surface area contributed by atoms with E-state index in [0.717, 1.165) is 0 Å². The normalized spacial score (nSPS) is 17.0. The molecule has 1 aromatic carbocycles. The van der Waals surface area contributed by atoms with Crippen LogP contribution in [0, 0.1) is 0 Å². The molecule has 0 aliphatic carbocycles. The number of nitrogens with zero attached hydrogens (tertiary/aromatic N) is 1. The van der Waals surface area contributed by atoms with Crippen LogP contribution in [0.2, 0.25) is 0 Å². The molecule has 1 aromatic rings. The maximum absolute atomic E-state index is 12.6. The lowest BCUT2D eigenvalue weighted by atomic mass is 9.92. The number of aliphatic hydroxyl groups excluding tert-OH is 1. The van der Waals surface area contributed by atoms with Crippen molar-refractivity contribution < 1.29 is 14.6 Å². The number of carbonyl (C=O) groups excluding carboxylic acids is 1. The molecule has 0 aromatic heterocycles. The van der Waals surface area contributed by atoms with Crippen LogP contribution in [0.1, 0.15) is 26.7 Å². The molecule has 0 saturated heterocycles. The first-order valence-corrected chi connectivity index (χ1v) is 6.59. The van der Waals surface area contributed by atoms with Crippen LogP contribution in [-0.2, 0) is 4.79 Å². The predicted molar refractivity (Wildman–Crippen MR) is 74.2 cm³/mol. The maximum atomic E-state index is 12.6. The van der Waals surface area contributed by atoms with Gasteiger partial charge in [-0.1, -0.05) is 13.8 Å². The summed E-state index contributed by atoms with van der Waals surface area (Å²) in [6.07, 6.45) is 1.18. The highest BCUT2D eigenvalue weighted by Gasteiger charge is 2.45. The van der Waals surface area contributed by atoms with Crippen LogP contribution < -0.4 is 15.4 Å². The van der Waals surface area contributed by atoms with Crippen LogP contribution >= 0.6 is 0 Å². The molecule has 0 spiro atoms. The summed E-state index contributed by atoms with van der Waals surface area (Å²) in [6, 6.07) is 5.24. The molecule has 3 N–H and O–H groups in total. The van der Waals surface area contributed by atoms with Crippen molar-refractivity contribution in [3.05, 3.63) is 18.2 Å². The third-order valence-electron chi connectivity index (χ3n) is 3.68. The predicted octanol–water partition coefficient (Wildman–Crippen LogP) is 1.55. The number of benzene rings is 1. The van der Waals surface area contributed by atoms with Crippen molar-refractivity contribution in [2.24, 2.45) is 0 Å². The fourth-order valence-electron chi connectivity index (χ4n) is 2.46. The zero-order valence-electron chi connectivity index (χ0n) is 11.3. The Kier molecular flexibility index (Phi) is 3.66. The molecule has 0 bridgehead atoms. The molecule has 1 heterocycles. The van der Waals surface area contributed by atoms with Crippen LogP contribution in [0.15, 0.2) is 18.2 Å². The summed E-state index contributed by atoms with van der Waals surface area (Å²) in [5.74, 6) is 0.538. The van der Waals surface area contributed by atoms with E-state index < -0.39 is 5.60 Å². The first kappa shape index (κ1) is 13.7. The minimum atomic E-state index is -0.835. The van der Waals surface area contributed by atoms with Gasteiger partial charge >= 0.3 is 0 Å². The number of nitrogen functional groups attached to an aromatic ring is 1. The van der Waals surface area contributed by atoms with E-state index in [1.54, 1.807) is 23.1 Å². The van der Waals surface area contributed by atoms with E-state index in [4.69, 9.17) is 10.5 Å². The van der Waals surface area contributed by atoms with E-state index in [2.05, 4.69) is 0 Å².